The van der Waals surface area contributed by atoms with Crippen LogP contribution >= 0.6 is 0 Å². The van der Waals surface area contributed by atoms with Crippen LogP contribution < -0.4 is 10.1 Å². The Kier molecular flexibility index (Phi) is 4.70. The molecule has 1 aromatic rings. The Bertz CT molecular complexity index is 419. The topological polar surface area (TPSA) is 41.5 Å². The first-order valence-electron chi connectivity index (χ1n) is 7.20. The number of phenolic OH excluding ortho intramolecular Hbond substituents is 1. The second-order valence-corrected chi connectivity index (χ2v) is 5.85. The van der Waals surface area contributed by atoms with Crippen LogP contribution in [-0.4, -0.2) is 18.8 Å². The van der Waals surface area contributed by atoms with Gasteiger partial charge in [-0.3, -0.25) is 0 Å². The molecule has 0 heterocycles. The first kappa shape index (κ1) is 14.2. The number of aromatic hydroxyl groups is 1. The predicted molar refractivity (Wildman–Crippen MR) is 77.6 cm³/mol. The van der Waals surface area contributed by atoms with E-state index in [1.54, 1.807) is 13.2 Å². The second-order valence-electron chi connectivity index (χ2n) is 5.85. The Labute approximate surface area is 116 Å². The molecule has 1 aromatic carbocycles. The number of hydrogen-bond donors (Lipinski definition) is 2. The summed E-state index contributed by atoms with van der Waals surface area (Å²) >= 11 is 0. The van der Waals surface area contributed by atoms with Gasteiger partial charge in [0.25, 0.3) is 0 Å². The van der Waals surface area contributed by atoms with Gasteiger partial charge in [-0.2, -0.15) is 0 Å². The molecule has 0 amide bonds. The van der Waals surface area contributed by atoms with E-state index in [2.05, 4.69) is 19.2 Å². The Balaban J connectivity index is 1.90. The van der Waals surface area contributed by atoms with Crippen molar-refractivity contribution >= 4 is 0 Å². The van der Waals surface area contributed by atoms with Crippen molar-refractivity contribution in [3.63, 3.8) is 0 Å². The number of methoxy groups -OCH3 is 1. The fourth-order valence-electron chi connectivity index (χ4n) is 2.94. The Morgan fingerprint density at radius 2 is 2.21 bits per heavy atom. The van der Waals surface area contributed by atoms with Crippen LogP contribution in [0, 0.1) is 11.8 Å². The average Bonchev–Trinajstić information content (AvgIpc) is 2.82. The van der Waals surface area contributed by atoms with E-state index in [1.807, 2.05) is 12.1 Å². The summed E-state index contributed by atoms with van der Waals surface area (Å²) in [5.74, 6) is 2.44. The Hall–Kier alpha value is -1.22. The third-order valence-electron chi connectivity index (χ3n) is 4.22. The highest BCUT2D eigenvalue weighted by Crippen LogP contribution is 2.31. The molecule has 0 aromatic heterocycles. The summed E-state index contributed by atoms with van der Waals surface area (Å²) < 4.78 is 5.15. The van der Waals surface area contributed by atoms with Crippen LogP contribution in [0.3, 0.4) is 0 Å². The third kappa shape index (κ3) is 3.63. The molecule has 2 N–H and O–H groups in total. The number of phenols is 1. The lowest BCUT2D eigenvalue weighted by molar-refractivity contribution is 0.371. The van der Waals surface area contributed by atoms with Crippen molar-refractivity contribution in [1.82, 2.24) is 5.32 Å². The molecule has 2 rings (SSSR count). The highest BCUT2D eigenvalue weighted by Gasteiger charge is 2.21. The molecule has 106 valence electrons. The first-order chi connectivity index (χ1) is 9.10. The van der Waals surface area contributed by atoms with E-state index >= 15 is 0 Å². The van der Waals surface area contributed by atoms with Crippen molar-refractivity contribution in [1.29, 1.82) is 0 Å². The monoisotopic (exact) mass is 263 g/mol. The smallest absolute Gasteiger partial charge is 0.160 e. The molecule has 3 nitrogen and oxygen atoms in total. The van der Waals surface area contributed by atoms with Gasteiger partial charge in [0.2, 0.25) is 0 Å². The molecule has 1 aliphatic carbocycles. The van der Waals surface area contributed by atoms with Gasteiger partial charge in [0.05, 0.1) is 7.11 Å². The van der Waals surface area contributed by atoms with Gasteiger partial charge in [-0.1, -0.05) is 19.4 Å². The lowest BCUT2D eigenvalue weighted by Crippen LogP contribution is -2.24. The first-order valence-corrected chi connectivity index (χ1v) is 7.20. The zero-order valence-electron chi connectivity index (χ0n) is 12.1. The highest BCUT2D eigenvalue weighted by atomic mass is 16.5. The maximum atomic E-state index is 9.60. The van der Waals surface area contributed by atoms with Crippen LogP contribution in [0.1, 0.15) is 44.7 Å². The molecule has 1 fully saturated rings. The van der Waals surface area contributed by atoms with Crippen molar-refractivity contribution in [3.8, 4) is 11.5 Å². The van der Waals surface area contributed by atoms with Crippen LogP contribution in [0.4, 0.5) is 0 Å². The minimum absolute atomic E-state index is 0.197. The largest absolute Gasteiger partial charge is 0.504 e. The molecule has 1 aliphatic rings. The average molecular weight is 263 g/mol. The zero-order valence-corrected chi connectivity index (χ0v) is 12.1. The maximum Gasteiger partial charge on any atom is 0.160 e. The fraction of sp³-hybridized carbons (Fsp3) is 0.625. The summed E-state index contributed by atoms with van der Waals surface area (Å²) in [6, 6.07) is 5.84. The van der Waals surface area contributed by atoms with Crippen molar-refractivity contribution < 1.29 is 9.84 Å². The third-order valence-corrected chi connectivity index (χ3v) is 4.22. The Morgan fingerprint density at radius 3 is 2.84 bits per heavy atom. The van der Waals surface area contributed by atoms with E-state index in [9.17, 15) is 5.11 Å². The second kappa shape index (κ2) is 6.29. The van der Waals surface area contributed by atoms with E-state index < -0.39 is 0 Å². The minimum atomic E-state index is 0.197. The van der Waals surface area contributed by atoms with Gasteiger partial charge in [-0.05, 0) is 55.8 Å². The lowest BCUT2D eigenvalue weighted by Gasteiger charge is -2.18. The normalized spacial score (nSPS) is 24.4. The molecular weight excluding hydrogens is 238 g/mol. The van der Waals surface area contributed by atoms with E-state index in [4.69, 9.17) is 4.74 Å². The summed E-state index contributed by atoms with van der Waals surface area (Å²) in [6.45, 7) is 5.58. The summed E-state index contributed by atoms with van der Waals surface area (Å²) in [5, 5.41) is 13.2. The fourth-order valence-corrected chi connectivity index (χ4v) is 2.94. The van der Waals surface area contributed by atoms with E-state index in [1.165, 1.54) is 19.3 Å². The summed E-state index contributed by atoms with van der Waals surface area (Å²) in [5.41, 5.74) is 1.15. The number of ether oxygens (including phenoxy) is 1. The van der Waals surface area contributed by atoms with Crippen LogP contribution in [0.15, 0.2) is 18.2 Å². The van der Waals surface area contributed by atoms with E-state index in [-0.39, 0.29) is 11.8 Å². The molecular formula is C16H25NO2. The Morgan fingerprint density at radius 1 is 1.42 bits per heavy atom. The summed E-state index contributed by atoms with van der Waals surface area (Å²) in [4.78, 5) is 0. The summed E-state index contributed by atoms with van der Waals surface area (Å²) in [7, 11) is 1.58. The summed E-state index contributed by atoms with van der Waals surface area (Å²) in [6.07, 6.45) is 4.06. The molecule has 0 aliphatic heterocycles. The van der Waals surface area contributed by atoms with Crippen LogP contribution in [-0.2, 0) is 0 Å². The van der Waals surface area contributed by atoms with Gasteiger partial charge in [-0.15, -0.1) is 0 Å². The molecule has 0 bridgehead atoms. The quantitative estimate of drug-likeness (QED) is 0.854. The van der Waals surface area contributed by atoms with E-state index in [0.29, 0.717) is 5.75 Å². The molecule has 1 saturated carbocycles. The van der Waals surface area contributed by atoms with Gasteiger partial charge < -0.3 is 15.2 Å². The van der Waals surface area contributed by atoms with Crippen LogP contribution in [0.25, 0.3) is 0 Å². The SMILES string of the molecule is COc1cc(C(C)NCC2CCC(C)C2)ccc1O. The number of nitrogens with one attached hydrogen (secondary N) is 1. The van der Waals surface area contributed by atoms with Crippen molar-refractivity contribution in [2.24, 2.45) is 11.8 Å². The molecule has 19 heavy (non-hydrogen) atoms. The van der Waals surface area contributed by atoms with Gasteiger partial charge in [-0.25, -0.2) is 0 Å². The molecule has 3 unspecified atom stereocenters. The number of benzene rings is 1. The number of rotatable bonds is 5. The van der Waals surface area contributed by atoms with Crippen LogP contribution in [0.2, 0.25) is 0 Å². The van der Waals surface area contributed by atoms with Gasteiger partial charge in [0.1, 0.15) is 0 Å². The zero-order chi connectivity index (χ0) is 13.8. The lowest BCUT2D eigenvalue weighted by atomic mass is 10.0. The van der Waals surface area contributed by atoms with E-state index in [0.717, 1.165) is 23.9 Å². The maximum absolute atomic E-state index is 9.60. The molecule has 0 spiro atoms. The van der Waals surface area contributed by atoms with Crippen molar-refractivity contribution in [3.05, 3.63) is 23.8 Å². The van der Waals surface area contributed by atoms with Crippen LogP contribution in [0.5, 0.6) is 11.5 Å². The van der Waals surface area contributed by atoms with Gasteiger partial charge in [0.15, 0.2) is 11.5 Å². The standard InChI is InChI=1S/C16H25NO2/c1-11-4-5-13(8-11)10-17-12(2)14-6-7-15(18)16(9-14)19-3/h6-7,9,11-13,17-18H,4-5,8,10H2,1-3H3. The van der Waals surface area contributed by atoms with Gasteiger partial charge in [0, 0.05) is 6.04 Å². The van der Waals surface area contributed by atoms with Crippen molar-refractivity contribution in [2.75, 3.05) is 13.7 Å². The molecule has 0 radical (unpaired) electrons. The number of hydrogen-bond acceptors (Lipinski definition) is 3. The molecule has 0 saturated heterocycles. The predicted octanol–water partition coefficient (Wildman–Crippen LogP) is 3.49. The van der Waals surface area contributed by atoms with Crippen molar-refractivity contribution in [2.45, 2.75) is 39.2 Å². The molecule has 3 heteroatoms. The molecule has 3 atom stereocenters. The minimum Gasteiger partial charge on any atom is -0.504 e. The highest BCUT2D eigenvalue weighted by molar-refractivity contribution is 5.42. The van der Waals surface area contributed by atoms with Gasteiger partial charge >= 0.3 is 0 Å².